The second kappa shape index (κ2) is 5.23. The first-order chi connectivity index (χ1) is 10.3. The summed E-state index contributed by atoms with van der Waals surface area (Å²) in [6.45, 7) is 3.29. The molecule has 1 aliphatic heterocycles. The molecule has 3 nitrogen and oxygen atoms in total. The third kappa shape index (κ3) is 2.98. The van der Waals surface area contributed by atoms with Crippen molar-refractivity contribution in [1.82, 2.24) is 4.90 Å². The topological polar surface area (TPSA) is 21.5 Å². The number of hydrogen-bond donors (Lipinski definition) is 0. The molecule has 2 aromatic carbocycles. The van der Waals surface area contributed by atoms with E-state index >= 15 is 0 Å². The number of rotatable bonds is 6. The maximum Gasteiger partial charge on any atom is 0.120 e. The number of hydrogen-bond acceptors (Lipinski definition) is 3. The lowest BCUT2D eigenvalue weighted by atomic mass is 10.1. The van der Waals surface area contributed by atoms with E-state index in [0.717, 1.165) is 29.4 Å². The molecule has 2 atom stereocenters. The highest BCUT2D eigenvalue weighted by Gasteiger charge is 2.38. The average molecular weight is 283 g/mol. The summed E-state index contributed by atoms with van der Waals surface area (Å²) >= 11 is 0. The molecule has 0 amide bonds. The Labute approximate surface area is 125 Å². The van der Waals surface area contributed by atoms with Gasteiger partial charge in [-0.2, -0.15) is 0 Å². The van der Waals surface area contributed by atoms with Crippen molar-refractivity contribution in [2.24, 2.45) is 5.92 Å². The fourth-order valence-corrected chi connectivity index (χ4v) is 2.85. The van der Waals surface area contributed by atoms with Crippen LogP contribution >= 0.6 is 0 Å². The van der Waals surface area contributed by atoms with Crippen molar-refractivity contribution in [2.45, 2.75) is 18.9 Å². The molecule has 0 bridgehead atoms. The minimum absolute atomic E-state index is 0.631. The fourth-order valence-electron chi connectivity index (χ4n) is 2.85. The third-order valence-electron chi connectivity index (χ3n) is 4.48. The fraction of sp³-hybridized carbons (Fsp3) is 0.444. The molecule has 3 heteroatoms. The normalized spacial score (nSPS) is 24.0. The highest BCUT2D eigenvalue weighted by Crippen LogP contribution is 2.34. The van der Waals surface area contributed by atoms with Gasteiger partial charge in [-0.1, -0.05) is 12.1 Å². The molecule has 0 radical (unpaired) electrons. The van der Waals surface area contributed by atoms with Crippen LogP contribution in [0.2, 0.25) is 0 Å². The quantitative estimate of drug-likeness (QED) is 0.759. The van der Waals surface area contributed by atoms with E-state index < -0.39 is 0 Å². The van der Waals surface area contributed by atoms with Gasteiger partial charge in [-0.3, -0.25) is 4.90 Å². The number of nitrogens with zero attached hydrogens (tertiary/aromatic N) is 1. The summed E-state index contributed by atoms with van der Waals surface area (Å²) in [5.41, 5.74) is 0. The standard InChI is InChI=1S/C18H21NO2/c1-20-17-6-4-14-5-7-18(9-15(14)8-17)21-12-16-11-19(16)10-13-2-3-13/h4-9,13,16H,2-3,10-12H2,1H3. The zero-order valence-corrected chi connectivity index (χ0v) is 12.4. The molecule has 2 unspecified atom stereocenters. The van der Waals surface area contributed by atoms with E-state index in [1.807, 2.05) is 6.07 Å². The zero-order valence-electron chi connectivity index (χ0n) is 12.4. The van der Waals surface area contributed by atoms with E-state index in [-0.39, 0.29) is 0 Å². The van der Waals surface area contributed by atoms with Crippen LogP contribution in [0.1, 0.15) is 12.8 Å². The van der Waals surface area contributed by atoms with E-state index in [2.05, 4.69) is 35.2 Å². The third-order valence-corrected chi connectivity index (χ3v) is 4.48. The number of methoxy groups -OCH3 is 1. The molecule has 21 heavy (non-hydrogen) atoms. The first-order valence-corrected chi connectivity index (χ1v) is 7.76. The molecule has 0 aromatic heterocycles. The van der Waals surface area contributed by atoms with Crippen LogP contribution in [-0.4, -0.2) is 37.7 Å². The second-order valence-electron chi connectivity index (χ2n) is 6.24. The van der Waals surface area contributed by atoms with Gasteiger partial charge in [-0.25, -0.2) is 0 Å². The SMILES string of the molecule is COc1ccc2ccc(OCC3CN3CC3CC3)cc2c1. The maximum atomic E-state index is 5.96. The lowest BCUT2D eigenvalue weighted by Crippen LogP contribution is -2.12. The smallest absolute Gasteiger partial charge is 0.120 e. The summed E-state index contributed by atoms with van der Waals surface area (Å²) in [6, 6.07) is 13.0. The molecule has 1 aliphatic carbocycles. The van der Waals surface area contributed by atoms with E-state index in [4.69, 9.17) is 9.47 Å². The van der Waals surface area contributed by atoms with Gasteiger partial charge in [0.05, 0.1) is 13.2 Å². The highest BCUT2D eigenvalue weighted by atomic mass is 16.5. The van der Waals surface area contributed by atoms with Gasteiger partial charge in [0.1, 0.15) is 18.1 Å². The Hall–Kier alpha value is -1.74. The molecule has 2 aromatic rings. The lowest BCUT2D eigenvalue weighted by Gasteiger charge is -2.08. The van der Waals surface area contributed by atoms with Crippen molar-refractivity contribution in [1.29, 1.82) is 0 Å². The van der Waals surface area contributed by atoms with Crippen LogP contribution in [0.25, 0.3) is 10.8 Å². The molecule has 1 heterocycles. The predicted octanol–water partition coefficient (Wildman–Crippen LogP) is 3.32. The van der Waals surface area contributed by atoms with Gasteiger partial charge >= 0.3 is 0 Å². The van der Waals surface area contributed by atoms with Crippen molar-refractivity contribution >= 4 is 10.8 Å². The monoisotopic (exact) mass is 283 g/mol. The first kappa shape index (κ1) is 13.0. The Morgan fingerprint density at radius 3 is 2.57 bits per heavy atom. The van der Waals surface area contributed by atoms with Crippen LogP contribution in [0.5, 0.6) is 11.5 Å². The molecular formula is C18H21NO2. The van der Waals surface area contributed by atoms with Crippen LogP contribution in [0, 0.1) is 5.92 Å². The van der Waals surface area contributed by atoms with Gasteiger partial charge in [0, 0.05) is 13.1 Å². The van der Waals surface area contributed by atoms with Crippen LogP contribution in [0.4, 0.5) is 0 Å². The van der Waals surface area contributed by atoms with Gasteiger partial charge in [-0.15, -0.1) is 0 Å². The van der Waals surface area contributed by atoms with Crippen molar-refractivity contribution < 1.29 is 9.47 Å². The molecule has 1 saturated carbocycles. The van der Waals surface area contributed by atoms with Crippen molar-refractivity contribution in [3.8, 4) is 11.5 Å². The minimum Gasteiger partial charge on any atom is -0.497 e. The van der Waals surface area contributed by atoms with E-state index in [0.29, 0.717) is 6.04 Å². The molecule has 2 fully saturated rings. The van der Waals surface area contributed by atoms with Crippen molar-refractivity contribution in [2.75, 3.05) is 26.8 Å². The molecule has 0 spiro atoms. The van der Waals surface area contributed by atoms with E-state index in [9.17, 15) is 0 Å². The van der Waals surface area contributed by atoms with Gasteiger partial charge in [-0.05, 0) is 53.8 Å². The summed E-state index contributed by atoms with van der Waals surface area (Å²) in [6.07, 6.45) is 2.85. The molecular weight excluding hydrogens is 262 g/mol. The highest BCUT2D eigenvalue weighted by molar-refractivity contribution is 5.85. The summed E-state index contributed by atoms with van der Waals surface area (Å²) in [7, 11) is 1.70. The lowest BCUT2D eigenvalue weighted by molar-refractivity contribution is 0.292. The molecule has 0 N–H and O–H groups in total. The number of benzene rings is 2. The van der Waals surface area contributed by atoms with Crippen LogP contribution in [0.3, 0.4) is 0 Å². The Morgan fingerprint density at radius 2 is 1.81 bits per heavy atom. The van der Waals surface area contributed by atoms with Gasteiger partial charge in [0.25, 0.3) is 0 Å². The zero-order chi connectivity index (χ0) is 14.2. The average Bonchev–Trinajstić information content (AvgIpc) is 3.43. The van der Waals surface area contributed by atoms with Crippen molar-refractivity contribution in [3.63, 3.8) is 0 Å². The Balaban J connectivity index is 1.39. The Kier molecular flexibility index (Phi) is 3.23. The minimum atomic E-state index is 0.631. The van der Waals surface area contributed by atoms with Crippen molar-refractivity contribution in [3.05, 3.63) is 36.4 Å². The van der Waals surface area contributed by atoms with Crippen LogP contribution < -0.4 is 9.47 Å². The Morgan fingerprint density at radius 1 is 1.05 bits per heavy atom. The molecule has 110 valence electrons. The molecule has 4 rings (SSSR count). The maximum absolute atomic E-state index is 5.96. The number of fused-ring (bicyclic) bond motifs is 1. The molecule has 1 saturated heterocycles. The summed E-state index contributed by atoms with van der Waals surface area (Å²) < 4.78 is 11.2. The predicted molar refractivity (Wildman–Crippen MR) is 84.1 cm³/mol. The van der Waals surface area contributed by atoms with E-state index in [1.54, 1.807) is 7.11 Å². The Bertz CT molecular complexity index is 651. The van der Waals surface area contributed by atoms with Crippen LogP contribution in [-0.2, 0) is 0 Å². The van der Waals surface area contributed by atoms with E-state index in [1.165, 1.54) is 31.3 Å². The first-order valence-electron chi connectivity index (χ1n) is 7.76. The van der Waals surface area contributed by atoms with Crippen LogP contribution in [0.15, 0.2) is 36.4 Å². The van der Waals surface area contributed by atoms with Gasteiger partial charge < -0.3 is 9.47 Å². The summed E-state index contributed by atoms with van der Waals surface area (Å²) in [4.78, 5) is 2.53. The van der Waals surface area contributed by atoms with Gasteiger partial charge in [0.2, 0.25) is 0 Å². The summed E-state index contributed by atoms with van der Waals surface area (Å²) in [5.74, 6) is 2.81. The van der Waals surface area contributed by atoms with Gasteiger partial charge in [0.15, 0.2) is 0 Å². The summed E-state index contributed by atoms with van der Waals surface area (Å²) in [5, 5.41) is 2.38. The largest absolute Gasteiger partial charge is 0.497 e. The number of ether oxygens (including phenoxy) is 2. The second-order valence-corrected chi connectivity index (χ2v) is 6.24. The molecule has 2 aliphatic rings.